The molecule has 0 fully saturated rings. The largest absolute Gasteiger partial charge is 0.493 e. The second kappa shape index (κ2) is 10.8. The Kier molecular flexibility index (Phi) is 8.39. The van der Waals surface area contributed by atoms with Crippen LogP contribution in [0.4, 0.5) is 0 Å². The SMILES string of the molecule is CCNC(=NCc1sc(C)nc1C)NCCCc1ccc(OC)c(OC)c1. The number of thiazole rings is 1. The summed E-state index contributed by atoms with van der Waals surface area (Å²) in [6.45, 7) is 8.48. The van der Waals surface area contributed by atoms with Crippen LogP contribution in [0.3, 0.4) is 0 Å². The van der Waals surface area contributed by atoms with Crippen molar-refractivity contribution in [2.24, 2.45) is 4.99 Å². The van der Waals surface area contributed by atoms with E-state index in [0.717, 1.165) is 54.1 Å². The van der Waals surface area contributed by atoms with Crippen molar-refractivity contribution >= 4 is 17.3 Å². The number of nitrogens with one attached hydrogen (secondary N) is 2. The van der Waals surface area contributed by atoms with Crippen molar-refractivity contribution in [2.45, 2.75) is 40.2 Å². The number of aromatic nitrogens is 1. The molecule has 0 bridgehead atoms. The predicted octanol–water partition coefficient (Wildman–Crippen LogP) is 3.47. The molecule has 27 heavy (non-hydrogen) atoms. The normalized spacial score (nSPS) is 11.4. The number of guanidine groups is 1. The lowest BCUT2D eigenvalue weighted by atomic mass is 10.1. The minimum absolute atomic E-state index is 0.655. The zero-order valence-electron chi connectivity index (χ0n) is 16.9. The first-order valence-corrected chi connectivity index (χ1v) is 10.0. The van der Waals surface area contributed by atoms with Gasteiger partial charge in [-0.3, -0.25) is 0 Å². The summed E-state index contributed by atoms with van der Waals surface area (Å²) >= 11 is 1.71. The number of rotatable bonds is 9. The Morgan fingerprint density at radius 2 is 1.93 bits per heavy atom. The van der Waals surface area contributed by atoms with Gasteiger partial charge in [0, 0.05) is 18.0 Å². The molecule has 2 aromatic rings. The van der Waals surface area contributed by atoms with Crippen molar-refractivity contribution in [1.82, 2.24) is 15.6 Å². The molecule has 0 amide bonds. The van der Waals surface area contributed by atoms with E-state index in [1.807, 2.05) is 26.0 Å². The average molecular weight is 391 g/mol. The second-order valence-corrected chi connectivity index (χ2v) is 7.44. The monoisotopic (exact) mass is 390 g/mol. The maximum absolute atomic E-state index is 5.36. The molecule has 6 nitrogen and oxygen atoms in total. The lowest BCUT2D eigenvalue weighted by Gasteiger charge is -2.12. The van der Waals surface area contributed by atoms with Gasteiger partial charge in [-0.25, -0.2) is 9.98 Å². The molecule has 0 atom stereocenters. The highest BCUT2D eigenvalue weighted by atomic mass is 32.1. The fourth-order valence-corrected chi connectivity index (χ4v) is 3.61. The molecule has 1 heterocycles. The van der Waals surface area contributed by atoms with Crippen LogP contribution in [-0.4, -0.2) is 38.3 Å². The quantitative estimate of drug-likeness (QED) is 0.390. The van der Waals surface area contributed by atoms with Gasteiger partial charge in [0.1, 0.15) is 0 Å². The number of hydrogen-bond acceptors (Lipinski definition) is 5. The zero-order valence-corrected chi connectivity index (χ0v) is 17.7. The fraction of sp³-hybridized carbons (Fsp3) is 0.500. The van der Waals surface area contributed by atoms with Crippen LogP contribution < -0.4 is 20.1 Å². The third kappa shape index (κ3) is 6.43. The molecule has 2 N–H and O–H groups in total. The third-order valence-corrected chi connectivity index (χ3v) is 5.16. The zero-order chi connectivity index (χ0) is 19.6. The number of ether oxygens (including phenoxy) is 2. The summed E-state index contributed by atoms with van der Waals surface area (Å²) in [5, 5.41) is 7.79. The van der Waals surface area contributed by atoms with Crippen LogP contribution in [0.5, 0.6) is 11.5 Å². The van der Waals surface area contributed by atoms with Gasteiger partial charge in [0.25, 0.3) is 0 Å². The number of hydrogen-bond donors (Lipinski definition) is 2. The lowest BCUT2D eigenvalue weighted by Crippen LogP contribution is -2.37. The van der Waals surface area contributed by atoms with Crippen molar-refractivity contribution in [3.63, 3.8) is 0 Å². The van der Waals surface area contributed by atoms with Gasteiger partial charge in [-0.05, 0) is 51.3 Å². The maximum atomic E-state index is 5.36. The maximum Gasteiger partial charge on any atom is 0.191 e. The molecule has 148 valence electrons. The van der Waals surface area contributed by atoms with Gasteiger partial charge in [0.15, 0.2) is 17.5 Å². The van der Waals surface area contributed by atoms with E-state index in [9.17, 15) is 0 Å². The Morgan fingerprint density at radius 3 is 2.56 bits per heavy atom. The first-order chi connectivity index (χ1) is 13.1. The van der Waals surface area contributed by atoms with Crippen LogP contribution >= 0.6 is 11.3 Å². The Balaban J connectivity index is 1.85. The van der Waals surface area contributed by atoms with Crippen LogP contribution in [0.15, 0.2) is 23.2 Å². The first-order valence-electron chi connectivity index (χ1n) is 9.23. The number of aliphatic imine (C=N–C) groups is 1. The molecule has 7 heteroatoms. The van der Waals surface area contributed by atoms with E-state index in [4.69, 9.17) is 9.47 Å². The standard InChI is InChI=1S/C20H30N4O2S/c1-6-21-20(23-13-19-14(2)24-15(3)27-19)22-11-7-8-16-9-10-17(25-4)18(12-16)26-5/h9-10,12H,6-8,11,13H2,1-5H3,(H2,21,22,23). The summed E-state index contributed by atoms with van der Waals surface area (Å²) in [4.78, 5) is 10.4. The number of nitrogens with zero attached hydrogens (tertiary/aromatic N) is 2. The lowest BCUT2D eigenvalue weighted by molar-refractivity contribution is 0.354. The topological polar surface area (TPSA) is 67.8 Å². The molecule has 1 aromatic carbocycles. The Hall–Kier alpha value is -2.28. The van der Waals surface area contributed by atoms with E-state index in [2.05, 4.69) is 33.6 Å². The highest BCUT2D eigenvalue weighted by molar-refractivity contribution is 7.11. The molecule has 0 saturated heterocycles. The highest BCUT2D eigenvalue weighted by Gasteiger charge is 2.06. The van der Waals surface area contributed by atoms with Crippen molar-refractivity contribution in [2.75, 3.05) is 27.3 Å². The minimum atomic E-state index is 0.655. The van der Waals surface area contributed by atoms with Crippen LogP contribution in [0.25, 0.3) is 0 Å². The predicted molar refractivity (Wildman–Crippen MR) is 112 cm³/mol. The van der Waals surface area contributed by atoms with E-state index in [-0.39, 0.29) is 0 Å². The summed E-state index contributed by atoms with van der Waals surface area (Å²) in [6.07, 6.45) is 1.96. The van der Waals surface area contributed by atoms with E-state index in [0.29, 0.717) is 6.54 Å². The van der Waals surface area contributed by atoms with Gasteiger partial charge in [0.2, 0.25) is 0 Å². The van der Waals surface area contributed by atoms with Crippen molar-refractivity contribution in [3.8, 4) is 11.5 Å². The van der Waals surface area contributed by atoms with Crippen LogP contribution in [0.2, 0.25) is 0 Å². The molecule has 0 saturated carbocycles. The van der Waals surface area contributed by atoms with Gasteiger partial charge < -0.3 is 20.1 Å². The van der Waals surface area contributed by atoms with E-state index in [1.165, 1.54) is 10.4 Å². The molecule has 0 aliphatic carbocycles. The highest BCUT2D eigenvalue weighted by Crippen LogP contribution is 2.27. The van der Waals surface area contributed by atoms with Gasteiger partial charge in [-0.1, -0.05) is 6.07 Å². The van der Waals surface area contributed by atoms with Gasteiger partial charge in [0.05, 0.1) is 31.5 Å². The molecular weight excluding hydrogens is 360 g/mol. The number of benzene rings is 1. The van der Waals surface area contributed by atoms with Crippen LogP contribution in [-0.2, 0) is 13.0 Å². The van der Waals surface area contributed by atoms with Gasteiger partial charge >= 0.3 is 0 Å². The Morgan fingerprint density at radius 1 is 1.15 bits per heavy atom. The average Bonchev–Trinajstić information content (AvgIpc) is 2.99. The van der Waals surface area contributed by atoms with Gasteiger partial charge in [-0.2, -0.15) is 0 Å². The summed E-state index contributed by atoms with van der Waals surface area (Å²) in [5.41, 5.74) is 2.30. The molecule has 0 aliphatic rings. The van der Waals surface area contributed by atoms with E-state index in [1.54, 1.807) is 25.6 Å². The van der Waals surface area contributed by atoms with Crippen LogP contribution in [0.1, 0.15) is 34.5 Å². The summed E-state index contributed by atoms with van der Waals surface area (Å²) < 4.78 is 10.6. The van der Waals surface area contributed by atoms with Crippen molar-refractivity contribution in [3.05, 3.63) is 39.3 Å². The number of methoxy groups -OCH3 is 2. The third-order valence-electron chi connectivity index (χ3n) is 4.11. The smallest absolute Gasteiger partial charge is 0.191 e. The number of aryl methyl sites for hydroxylation is 3. The molecular formula is C20H30N4O2S. The molecule has 0 aliphatic heterocycles. The summed E-state index contributed by atoms with van der Waals surface area (Å²) in [7, 11) is 3.31. The Labute approximate surface area is 166 Å². The molecule has 0 unspecified atom stereocenters. The fourth-order valence-electron chi connectivity index (χ4n) is 2.75. The van der Waals surface area contributed by atoms with E-state index >= 15 is 0 Å². The summed E-state index contributed by atoms with van der Waals surface area (Å²) in [5.74, 6) is 2.37. The van der Waals surface area contributed by atoms with E-state index < -0.39 is 0 Å². The van der Waals surface area contributed by atoms with Crippen LogP contribution in [0, 0.1) is 13.8 Å². The molecule has 0 radical (unpaired) electrons. The molecule has 2 rings (SSSR count). The Bertz CT molecular complexity index is 758. The molecule has 1 aromatic heterocycles. The van der Waals surface area contributed by atoms with Crippen molar-refractivity contribution in [1.29, 1.82) is 0 Å². The van der Waals surface area contributed by atoms with Crippen molar-refractivity contribution < 1.29 is 9.47 Å². The summed E-state index contributed by atoms with van der Waals surface area (Å²) in [6, 6.07) is 6.06. The van der Waals surface area contributed by atoms with Gasteiger partial charge in [-0.15, -0.1) is 11.3 Å². The molecule has 0 spiro atoms. The minimum Gasteiger partial charge on any atom is -0.493 e. The second-order valence-electron chi connectivity index (χ2n) is 6.16. The first kappa shape index (κ1) is 21.0.